The van der Waals surface area contributed by atoms with Crippen LogP contribution in [-0.2, 0) is 6.18 Å². The third kappa shape index (κ3) is 3.95. The number of carbonyl (C=O) groups is 1. The third-order valence-corrected chi connectivity index (χ3v) is 3.23. The van der Waals surface area contributed by atoms with Gasteiger partial charge in [0.2, 0.25) is 0 Å². The number of rotatable bonds is 2. The van der Waals surface area contributed by atoms with Crippen LogP contribution >= 0.6 is 27.5 Å². The predicted molar refractivity (Wildman–Crippen MR) is 76.3 cm³/mol. The van der Waals surface area contributed by atoms with Crippen molar-refractivity contribution < 1.29 is 18.0 Å². The molecule has 1 aromatic heterocycles. The zero-order valence-electron chi connectivity index (χ0n) is 10.2. The van der Waals surface area contributed by atoms with Gasteiger partial charge in [0, 0.05) is 11.2 Å². The lowest BCUT2D eigenvalue weighted by Gasteiger charge is -2.14. The van der Waals surface area contributed by atoms with E-state index < -0.39 is 17.6 Å². The molecule has 0 aliphatic rings. The second-order valence-electron chi connectivity index (χ2n) is 4.01. The van der Waals surface area contributed by atoms with Gasteiger partial charge in [-0.3, -0.25) is 4.79 Å². The molecule has 0 saturated carbocycles. The van der Waals surface area contributed by atoms with E-state index in [1.54, 1.807) is 0 Å². The molecule has 0 saturated heterocycles. The average Bonchev–Trinajstić information content (AvgIpc) is 2.40. The van der Waals surface area contributed by atoms with Crippen LogP contribution in [-0.4, -0.2) is 10.9 Å². The molecular weight excluding hydrogens is 373 g/mol. The van der Waals surface area contributed by atoms with Crippen LogP contribution in [0.5, 0.6) is 0 Å². The number of alkyl halides is 3. The summed E-state index contributed by atoms with van der Waals surface area (Å²) < 4.78 is 39.2. The predicted octanol–water partition coefficient (Wildman–Crippen LogP) is 4.77. The molecule has 110 valence electrons. The molecule has 2 rings (SSSR count). The Hall–Kier alpha value is -1.60. The van der Waals surface area contributed by atoms with E-state index in [1.807, 2.05) is 0 Å². The molecule has 0 fully saturated rings. The molecule has 8 heteroatoms. The van der Waals surface area contributed by atoms with Crippen molar-refractivity contribution in [1.82, 2.24) is 4.98 Å². The number of anilines is 1. The van der Waals surface area contributed by atoms with Crippen LogP contribution in [0.4, 0.5) is 18.9 Å². The summed E-state index contributed by atoms with van der Waals surface area (Å²) in [6, 6.07) is 6.09. The Labute approximate surface area is 131 Å². The number of hydrogen-bond donors (Lipinski definition) is 1. The van der Waals surface area contributed by atoms with E-state index in [2.05, 4.69) is 26.2 Å². The first-order valence-corrected chi connectivity index (χ1v) is 6.74. The number of hydrogen-bond acceptors (Lipinski definition) is 2. The fourth-order valence-corrected chi connectivity index (χ4v) is 1.97. The van der Waals surface area contributed by atoms with Gasteiger partial charge in [0.05, 0.1) is 16.8 Å². The van der Waals surface area contributed by atoms with E-state index in [0.717, 1.165) is 12.1 Å². The van der Waals surface area contributed by atoms with Crippen molar-refractivity contribution in [3.8, 4) is 0 Å². The number of amides is 1. The molecule has 1 N–H and O–H groups in total. The summed E-state index contributed by atoms with van der Waals surface area (Å²) in [6.45, 7) is 0. The molecule has 1 heterocycles. The maximum absolute atomic E-state index is 12.9. The fraction of sp³-hybridized carbons (Fsp3) is 0.0769. The van der Waals surface area contributed by atoms with Crippen molar-refractivity contribution in [2.45, 2.75) is 6.18 Å². The molecule has 3 nitrogen and oxygen atoms in total. The highest BCUT2D eigenvalue weighted by molar-refractivity contribution is 9.10. The number of aromatic nitrogens is 1. The maximum Gasteiger partial charge on any atom is 0.418 e. The SMILES string of the molecule is O=C(Nc1ccc(Cl)cc1C(F)(F)F)c1ccc(Br)nc1. The molecule has 0 bridgehead atoms. The Kier molecular flexibility index (Phi) is 4.53. The van der Waals surface area contributed by atoms with E-state index in [-0.39, 0.29) is 16.3 Å². The van der Waals surface area contributed by atoms with Crippen LogP contribution in [0.2, 0.25) is 5.02 Å². The summed E-state index contributed by atoms with van der Waals surface area (Å²) >= 11 is 8.67. The van der Waals surface area contributed by atoms with Gasteiger partial charge in [-0.2, -0.15) is 13.2 Å². The summed E-state index contributed by atoms with van der Waals surface area (Å²) in [5, 5.41) is 2.14. The number of halogens is 5. The Morgan fingerprint density at radius 1 is 1.24 bits per heavy atom. The summed E-state index contributed by atoms with van der Waals surface area (Å²) in [5.41, 5.74) is -1.23. The number of nitrogens with one attached hydrogen (secondary N) is 1. The van der Waals surface area contributed by atoms with Gasteiger partial charge in [-0.1, -0.05) is 11.6 Å². The van der Waals surface area contributed by atoms with Crippen molar-refractivity contribution >= 4 is 39.1 Å². The molecule has 0 aliphatic carbocycles. The largest absolute Gasteiger partial charge is 0.418 e. The number of pyridine rings is 1. The van der Waals surface area contributed by atoms with Gasteiger partial charge in [-0.15, -0.1) is 0 Å². The van der Waals surface area contributed by atoms with Crippen molar-refractivity contribution in [1.29, 1.82) is 0 Å². The second kappa shape index (κ2) is 6.03. The molecule has 0 atom stereocenters. The van der Waals surface area contributed by atoms with E-state index in [4.69, 9.17) is 11.6 Å². The molecule has 21 heavy (non-hydrogen) atoms. The second-order valence-corrected chi connectivity index (χ2v) is 5.26. The number of nitrogens with zero attached hydrogens (tertiary/aromatic N) is 1. The van der Waals surface area contributed by atoms with Crippen LogP contribution in [0.15, 0.2) is 41.1 Å². The van der Waals surface area contributed by atoms with Crippen LogP contribution in [0, 0.1) is 0 Å². The van der Waals surface area contributed by atoms with Gasteiger partial charge in [0.25, 0.3) is 5.91 Å². The van der Waals surface area contributed by atoms with E-state index in [0.29, 0.717) is 4.60 Å². The minimum absolute atomic E-state index is 0.0642. The number of benzene rings is 1. The highest BCUT2D eigenvalue weighted by Crippen LogP contribution is 2.36. The van der Waals surface area contributed by atoms with Gasteiger partial charge in [0.15, 0.2) is 0 Å². The highest BCUT2D eigenvalue weighted by Gasteiger charge is 2.34. The summed E-state index contributed by atoms with van der Waals surface area (Å²) in [5.74, 6) is -0.692. The molecule has 1 aromatic carbocycles. The molecular formula is C13H7BrClF3N2O. The average molecular weight is 380 g/mol. The fourth-order valence-electron chi connectivity index (χ4n) is 1.56. The lowest BCUT2D eigenvalue weighted by atomic mass is 10.1. The molecule has 2 aromatic rings. The van der Waals surface area contributed by atoms with E-state index in [1.165, 1.54) is 24.4 Å². The van der Waals surface area contributed by atoms with Crippen molar-refractivity contribution in [2.75, 3.05) is 5.32 Å². The Bertz CT molecular complexity index is 674. The summed E-state index contributed by atoms with van der Waals surface area (Å²) in [4.78, 5) is 15.8. The summed E-state index contributed by atoms with van der Waals surface area (Å²) in [6.07, 6.45) is -3.37. The smallest absolute Gasteiger partial charge is 0.321 e. The lowest BCUT2D eigenvalue weighted by Crippen LogP contribution is -2.16. The Morgan fingerprint density at radius 2 is 1.95 bits per heavy atom. The van der Waals surface area contributed by atoms with Crippen molar-refractivity contribution in [3.63, 3.8) is 0 Å². The quantitative estimate of drug-likeness (QED) is 0.764. The van der Waals surface area contributed by atoms with Gasteiger partial charge in [0.1, 0.15) is 4.60 Å². The van der Waals surface area contributed by atoms with Crippen LogP contribution in [0.3, 0.4) is 0 Å². The number of carbonyl (C=O) groups excluding carboxylic acids is 1. The van der Waals surface area contributed by atoms with Crippen LogP contribution in [0.1, 0.15) is 15.9 Å². The molecule has 1 amide bonds. The minimum atomic E-state index is -4.62. The molecule has 0 unspecified atom stereocenters. The normalized spacial score (nSPS) is 11.3. The van der Waals surface area contributed by atoms with E-state index in [9.17, 15) is 18.0 Å². The first-order chi connectivity index (χ1) is 9.77. The van der Waals surface area contributed by atoms with Gasteiger partial charge in [-0.25, -0.2) is 4.98 Å². The monoisotopic (exact) mass is 378 g/mol. The maximum atomic E-state index is 12.9. The van der Waals surface area contributed by atoms with Crippen molar-refractivity contribution in [3.05, 3.63) is 57.3 Å². The van der Waals surface area contributed by atoms with Gasteiger partial charge < -0.3 is 5.32 Å². The van der Waals surface area contributed by atoms with E-state index >= 15 is 0 Å². The topological polar surface area (TPSA) is 42.0 Å². The molecule has 0 radical (unpaired) electrons. The minimum Gasteiger partial charge on any atom is -0.321 e. The highest BCUT2D eigenvalue weighted by atomic mass is 79.9. The van der Waals surface area contributed by atoms with Gasteiger partial charge >= 0.3 is 6.18 Å². The Morgan fingerprint density at radius 3 is 2.52 bits per heavy atom. The zero-order valence-corrected chi connectivity index (χ0v) is 12.6. The third-order valence-electron chi connectivity index (χ3n) is 2.52. The first kappa shape index (κ1) is 15.8. The first-order valence-electron chi connectivity index (χ1n) is 5.57. The van der Waals surface area contributed by atoms with Crippen LogP contribution in [0.25, 0.3) is 0 Å². The Balaban J connectivity index is 2.31. The zero-order chi connectivity index (χ0) is 15.6. The van der Waals surface area contributed by atoms with Crippen molar-refractivity contribution in [2.24, 2.45) is 0 Å². The van der Waals surface area contributed by atoms with Gasteiger partial charge in [-0.05, 0) is 46.3 Å². The molecule has 0 spiro atoms. The summed E-state index contributed by atoms with van der Waals surface area (Å²) in [7, 11) is 0. The lowest BCUT2D eigenvalue weighted by molar-refractivity contribution is -0.136. The standard InChI is InChI=1S/C13H7BrClF3N2O/c14-11-4-1-7(6-19-11)12(21)20-10-3-2-8(15)5-9(10)13(16,17)18/h1-6H,(H,20,21). The molecule has 0 aliphatic heterocycles. The van der Waals surface area contributed by atoms with Crippen LogP contribution < -0.4 is 5.32 Å².